The molecule has 1 N–H and O–H groups in total. The van der Waals surface area contributed by atoms with E-state index in [0.717, 1.165) is 32.0 Å². The summed E-state index contributed by atoms with van der Waals surface area (Å²) in [4.78, 5) is 8.86. The fourth-order valence-corrected chi connectivity index (χ4v) is 3.36. The number of β-amino-alcohol motifs (C(OH)–C–C–N with tert-alkyl or cyclic N) is 1. The van der Waals surface area contributed by atoms with Crippen LogP contribution in [0.2, 0.25) is 10.0 Å². The molecule has 1 atom stereocenters. The van der Waals surface area contributed by atoms with Gasteiger partial charge in [0.25, 0.3) is 0 Å². The maximum absolute atomic E-state index is 10.2. The molecule has 134 valence electrons. The minimum absolute atomic E-state index is 0.157. The summed E-state index contributed by atoms with van der Waals surface area (Å²) >= 11 is 12.1. The van der Waals surface area contributed by atoms with Crippen LogP contribution in [0, 0.1) is 0 Å². The van der Waals surface area contributed by atoms with Crippen molar-refractivity contribution in [3.8, 4) is 5.75 Å². The lowest BCUT2D eigenvalue weighted by molar-refractivity contribution is 0.0663. The van der Waals surface area contributed by atoms with Crippen molar-refractivity contribution in [2.75, 3.05) is 44.2 Å². The Bertz CT molecular complexity index is 659. The molecule has 2 aromatic rings. The average molecular weight is 382 g/mol. The SMILES string of the molecule is OC(COc1c(Cl)cccc1Cl)CN1CCN(c2ccccn2)CC1. The van der Waals surface area contributed by atoms with E-state index in [0.29, 0.717) is 22.3 Å². The third kappa shape index (κ3) is 4.98. The molecular formula is C18H21Cl2N3O2. The van der Waals surface area contributed by atoms with E-state index in [2.05, 4.69) is 14.8 Å². The molecule has 1 fully saturated rings. The van der Waals surface area contributed by atoms with Crippen molar-refractivity contribution in [1.29, 1.82) is 0 Å². The van der Waals surface area contributed by atoms with E-state index in [1.54, 1.807) is 18.2 Å². The van der Waals surface area contributed by atoms with Gasteiger partial charge in [0.15, 0.2) is 5.75 Å². The molecule has 2 heterocycles. The van der Waals surface area contributed by atoms with Crippen LogP contribution in [0.15, 0.2) is 42.6 Å². The number of pyridine rings is 1. The highest BCUT2D eigenvalue weighted by Gasteiger charge is 2.20. The summed E-state index contributed by atoms with van der Waals surface area (Å²) in [6.45, 7) is 4.24. The van der Waals surface area contributed by atoms with Gasteiger partial charge in [-0.05, 0) is 24.3 Å². The first-order valence-corrected chi connectivity index (χ1v) is 9.02. The number of hydrogen-bond acceptors (Lipinski definition) is 5. The van der Waals surface area contributed by atoms with E-state index >= 15 is 0 Å². The molecule has 0 saturated carbocycles. The summed E-state index contributed by atoms with van der Waals surface area (Å²) in [6, 6.07) is 11.1. The highest BCUT2D eigenvalue weighted by molar-refractivity contribution is 6.37. The van der Waals surface area contributed by atoms with Crippen LogP contribution in [0.3, 0.4) is 0 Å². The van der Waals surface area contributed by atoms with E-state index in [1.165, 1.54) is 0 Å². The molecule has 1 unspecified atom stereocenters. The minimum Gasteiger partial charge on any atom is -0.488 e. The highest BCUT2D eigenvalue weighted by Crippen LogP contribution is 2.32. The van der Waals surface area contributed by atoms with Crippen molar-refractivity contribution >= 4 is 29.0 Å². The number of piperazine rings is 1. The Morgan fingerprint density at radius 2 is 1.76 bits per heavy atom. The van der Waals surface area contributed by atoms with Gasteiger partial charge < -0.3 is 14.7 Å². The fourth-order valence-electron chi connectivity index (χ4n) is 2.85. The van der Waals surface area contributed by atoms with E-state index < -0.39 is 6.10 Å². The van der Waals surface area contributed by atoms with Crippen LogP contribution in [0.25, 0.3) is 0 Å². The number of aliphatic hydroxyl groups excluding tert-OH is 1. The third-order valence-electron chi connectivity index (χ3n) is 4.15. The highest BCUT2D eigenvalue weighted by atomic mass is 35.5. The molecular weight excluding hydrogens is 361 g/mol. The number of anilines is 1. The Kier molecular flexibility index (Phi) is 6.37. The second-order valence-corrected chi connectivity index (χ2v) is 6.81. The van der Waals surface area contributed by atoms with Gasteiger partial charge in [-0.2, -0.15) is 0 Å². The number of rotatable bonds is 6. The Hall–Kier alpha value is -1.53. The first-order chi connectivity index (χ1) is 12.1. The lowest BCUT2D eigenvalue weighted by Crippen LogP contribution is -2.49. The second kappa shape index (κ2) is 8.72. The van der Waals surface area contributed by atoms with E-state index in [-0.39, 0.29) is 6.61 Å². The number of nitrogens with zero attached hydrogens (tertiary/aromatic N) is 3. The van der Waals surface area contributed by atoms with Crippen molar-refractivity contribution in [1.82, 2.24) is 9.88 Å². The Labute approximate surface area is 157 Å². The van der Waals surface area contributed by atoms with Crippen molar-refractivity contribution in [2.45, 2.75) is 6.10 Å². The van der Waals surface area contributed by atoms with Crippen LogP contribution in [-0.4, -0.2) is 60.4 Å². The molecule has 3 rings (SSSR count). The quantitative estimate of drug-likeness (QED) is 0.833. The summed E-state index contributed by atoms with van der Waals surface area (Å²) in [6.07, 6.45) is 1.21. The van der Waals surface area contributed by atoms with Crippen molar-refractivity contribution in [2.24, 2.45) is 0 Å². The molecule has 1 saturated heterocycles. The van der Waals surface area contributed by atoms with E-state index in [4.69, 9.17) is 27.9 Å². The maximum Gasteiger partial charge on any atom is 0.156 e. The number of hydrogen-bond donors (Lipinski definition) is 1. The first-order valence-electron chi connectivity index (χ1n) is 8.26. The lowest BCUT2D eigenvalue weighted by atomic mass is 10.2. The maximum atomic E-state index is 10.2. The zero-order valence-corrected chi connectivity index (χ0v) is 15.3. The Morgan fingerprint density at radius 3 is 2.40 bits per heavy atom. The van der Waals surface area contributed by atoms with Gasteiger partial charge >= 0.3 is 0 Å². The van der Waals surface area contributed by atoms with Crippen molar-refractivity contribution in [3.63, 3.8) is 0 Å². The Balaban J connectivity index is 1.44. The largest absolute Gasteiger partial charge is 0.488 e. The molecule has 0 amide bonds. The van der Waals surface area contributed by atoms with Crippen molar-refractivity contribution < 1.29 is 9.84 Å². The van der Waals surface area contributed by atoms with Crippen LogP contribution in [0.1, 0.15) is 0 Å². The average Bonchev–Trinajstić information content (AvgIpc) is 2.63. The number of benzene rings is 1. The van der Waals surface area contributed by atoms with E-state index in [1.807, 2.05) is 24.4 Å². The van der Waals surface area contributed by atoms with Gasteiger partial charge in [0.05, 0.1) is 10.0 Å². The van der Waals surface area contributed by atoms with Crippen LogP contribution in [-0.2, 0) is 0 Å². The predicted octanol–water partition coefficient (Wildman–Crippen LogP) is 2.95. The number of aromatic nitrogens is 1. The summed E-state index contributed by atoms with van der Waals surface area (Å²) in [5, 5.41) is 11.1. The molecule has 1 aromatic heterocycles. The number of halogens is 2. The molecule has 0 radical (unpaired) electrons. The number of aliphatic hydroxyl groups is 1. The van der Waals surface area contributed by atoms with Crippen LogP contribution in [0.4, 0.5) is 5.82 Å². The lowest BCUT2D eigenvalue weighted by Gasteiger charge is -2.36. The minimum atomic E-state index is -0.603. The smallest absolute Gasteiger partial charge is 0.156 e. The van der Waals surface area contributed by atoms with Gasteiger partial charge in [0.1, 0.15) is 18.5 Å². The topological polar surface area (TPSA) is 48.8 Å². The molecule has 0 aliphatic carbocycles. The summed E-state index contributed by atoms with van der Waals surface area (Å²) in [5.41, 5.74) is 0. The van der Waals surface area contributed by atoms with E-state index in [9.17, 15) is 5.11 Å². The van der Waals surface area contributed by atoms with Gasteiger partial charge in [0, 0.05) is 38.9 Å². The molecule has 0 bridgehead atoms. The third-order valence-corrected chi connectivity index (χ3v) is 4.75. The zero-order chi connectivity index (χ0) is 17.6. The van der Waals surface area contributed by atoms with Gasteiger partial charge in [0.2, 0.25) is 0 Å². The summed E-state index contributed by atoms with van der Waals surface area (Å²) in [7, 11) is 0. The molecule has 1 aliphatic heterocycles. The molecule has 0 spiro atoms. The second-order valence-electron chi connectivity index (χ2n) is 5.99. The molecule has 5 nitrogen and oxygen atoms in total. The van der Waals surface area contributed by atoms with Gasteiger partial charge in [-0.3, -0.25) is 4.90 Å². The molecule has 1 aliphatic rings. The van der Waals surface area contributed by atoms with Crippen LogP contribution < -0.4 is 9.64 Å². The Morgan fingerprint density at radius 1 is 1.04 bits per heavy atom. The first kappa shape index (κ1) is 18.3. The van der Waals surface area contributed by atoms with Gasteiger partial charge in [-0.25, -0.2) is 4.98 Å². The fraction of sp³-hybridized carbons (Fsp3) is 0.389. The summed E-state index contributed by atoms with van der Waals surface area (Å²) in [5.74, 6) is 1.42. The normalized spacial score (nSPS) is 16.7. The predicted molar refractivity (Wildman–Crippen MR) is 101 cm³/mol. The number of para-hydroxylation sites is 1. The monoisotopic (exact) mass is 381 g/mol. The van der Waals surface area contributed by atoms with Crippen LogP contribution >= 0.6 is 23.2 Å². The van der Waals surface area contributed by atoms with Gasteiger partial charge in [-0.1, -0.05) is 35.3 Å². The zero-order valence-electron chi connectivity index (χ0n) is 13.8. The molecule has 25 heavy (non-hydrogen) atoms. The standard InChI is InChI=1S/C18H21Cl2N3O2/c19-15-4-3-5-16(20)18(15)25-13-14(24)12-22-8-10-23(11-9-22)17-6-1-2-7-21-17/h1-7,14,24H,8-13H2. The van der Waals surface area contributed by atoms with Crippen LogP contribution in [0.5, 0.6) is 5.75 Å². The summed E-state index contributed by atoms with van der Waals surface area (Å²) < 4.78 is 5.60. The van der Waals surface area contributed by atoms with Crippen molar-refractivity contribution in [3.05, 3.63) is 52.6 Å². The molecule has 7 heteroatoms. The number of ether oxygens (including phenoxy) is 1. The van der Waals surface area contributed by atoms with Gasteiger partial charge in [-0.15, -0.1) is 0 Å². The molecule has 1 aromatic carbocycles.